The van der Waals surface area contributed by atoms with Gasteiger partial charge in [0.25, 0.3) is 5.91 Å². The molecule has 0 aliphatic heterocycles. The SMILES string of the molecule is CCCC[C@@H](CC)CNC(=O)c1cc2c(C)nn(-c3ccccc3)c2s1. The molecule has 0 aliphatic rings. The van der Waals surface area contributed by atoms with E-state index in [4.69, 9.17) is 0 Å². The second-order valence-corrected chi connectivity index (χ2v) is 7.82. The third-order valence-electron chi connectivity index (χ3n) is 4.86. The Kier molecular flexibility index (Phi) is 6.09. The molecule has 1 N–H and O–H groups in total. The smallest absolute Gasteiger partial charge is 0.261 e. The summed E-state index contributed by atoms with van der Waals surface area (Å²) < 4.78 is 1.93. The Morgan fingerprint density at radius 3 is 2.73 bits per heavy atom. The zero-order chi connectivity index (χ0) is 18.5. The third-order valence-corrected chi connectivity index (χ3v) is 5.97. The predicted octanol–water partition coefficient (Wildman–Crippen LogP) is 5.34. The molecule has 0 fully saturated rings. The van der Waals surface area contributed by atoms with Crippen LogP contribution in [0, 0.1) is 12.8 Å². The van der Waals surface area contributed by atoms with Crippen LogP contribution in [-0.2, 0) is 0 Å². The number of aromatic nitrogens is 2. The first-order valence-electron chi connectivity index (χ1n) is 9.46. The van der Waals surface area contributed by atoms with E-state index in [1.165, 1.54) is 30.6 Å². The van der Waals surface area contributed by atoms with Crippen LogP contribution in [0.4, 0.5) is 0 Å². The summed E-state index contributed by atoms with van der Waals surface area (Å²) in [6.07, 6.45) is 4.72. The lowest BCUT2D eigenvalue weighted by Gasteiger charge is -2.14. The molecular formula is C21H27N3OS. The van der Waals surface area contributed by atoms with Crippen LogP contribution in [0.2, 0.25) is 0 Å². The molecule has 1 aromatic carbocycles. The maximum atomic E-state index is 12.6. The number of thiophene rings is 1. The summed E-state index contributed by atoms with van der Waals surface area (Å²) in [6, 6.07) is 12.0. The van der Waals surface area contributed by atoms with Gasteiger partial charge >= 0.3 is 0 Å². The van der Waals surface area contributed by atoms with Crippen LogP contribution in [0.1, 0.15) is 54.9 Å². The Morgan fingerprint density at radius 1 is 1.27 bits per heavy atom. The zero-order valence-corrected chi connectivity index (χ0v) is 16.6. The Balaban J connectivity index is 1.78. The van der Waals surface area contributed by atoms with Gasteiger partial charge in [-0.25, -0.2) is 4.68 Å². The van der Waals surface area contributed by atoms with E-state index in [2.05, 4.69) is 24.3 Å². The fourth-order valence-electron chi connectivity index (χ4n) is 3.17. The molecule has 0 unspecified atom stereocenters. The fourth-order valence-corrected chi connectivity index (χ4v) is 4.27. The van der Waals surface area contributed by atoms with Crippen LogP contribution >= 0.6 is 11.3 Å². The fraction of sp³-hybridized carbons (Fsp3) is 0.429. The Hall–Kier alpha value is -2.14. The third kappa shape index (κ3) is 3.98. The number of amides is 1. The number of carbonyl (C=O) groups is 1. The number of carbonyl (C=O) groups excluding carboxylic acids is 1. The normalized spacial score (nSPS) is 12.4. The molecule has 2 aromatic heterocycles. The predicted molar refractivity (Wildman–Crippen MR) is 109 cm³/mol. The van der Waals surface area contributed by atoms with Gasteiger partial charge in [-0.15, -0.1) is 11.3 Å². The molecular weight excluding hydrogens is 342 g/mol. The number of rotatable bonds is 8. The first-order chi connectivity index (χ1) is 12.6. The van der Waals surface area contributed by atoms with Crippen molar-refractivity contribution in [1.82, 2.24) is 15.1 Å². The van der Waals surface area contributed by atoms with Crippen molar-refractivity contribution in [3.05, 3.63) is 47.0 Å². The number of benzene rings is 1. The van der Waals surface area contributed by atoms with Crippen molar-refractivity contribution in [3.63, 3.8) is 0 Å². The summed E-state index contributed by atoms with van der Waals surface area (Å²) >= 11 is 1.51. The van der Waals surface area contributed by atoms with Crippen LogP contribution in [0.15, 0.2) is 36.4 Å². The highest BCUT2D eigenvalue weighted by Crippen LogP contribution is 2.30. The summed E-state index contributed by atoms with van der Waals surface area (Å²) in [4.78, 5) is 14.4. The lowest BCUT2D eigenvalue weighted by Crippen LogP contribution is -2.28. The lowest BCUT2D eigenvalue weighted by atomic mass is 9.99. The molecule has 26 heavy (non-hydrogen) atoms. The highest BCUT2D eigenvalue weighted by atomic mass is 32.1. The zero-order valence-electron chi connectivity index (χ0n) is 15.8. The van der Waals surface area contributed by atoms with Crippen molar-refractivity contribution in [3.8, 4) is 5.69 Å². The number of nitrogens with one attached hydrogen (secondary N) is 1. The molecule has 0 bridgehead atoms. The van der Waals surface area contributed by atoms with Crippen LogP contribution in [0.25, 0.3) is 15.9 Å². The van der Waals surface area contributed by atoms with Crippen LogP contribution in [0.5, 0.6) is 0 Å². The minimum Gasteiger partial charge on any atom is -0.351 e. The second-order valence-electron chi connectivity index (χ2n) is 6.79. The number of nitrogens with zero attached hydrogens (tertiary/aromatic N) is 2. The first kappa shape index (κ1) is 18.6. The van der Waals surface area contributed by atoms with Crippen molar-refractivity contribution in [1.29, 1.82) is 0 Å². The van der Waals surface area contributed by atoms with Gasteiger partial charge in [0.1, 0.15) is 4.83 Å². The largest absolute Gasteiger partial charge is 0.351 e. The number of para-hydroxylation sites is 1. The summed E-state index contributed by atoms with van der Waals surface area (Å²) in [7, 11) is 0. The molecule has 0 aliphatic carbocycles. The van der Waals surface area contributed by atoms with E-state index < -0.39 is 0 Å². The summed E-state index contributed by atoms with van der Waals surface area (Å²) in [5, 5.41) is 8.82. The van der Waals surface area contributed by atoms with E-state index in [-0.39, 0.29) is 5.91 Å². The number of unbranched alkanes of at least 4 members (excludes halogenated alkanes) is 1. The number of hydrogen-bond donors (Lipinski definition) is 1. The van der Waals surface area contributed by atoms with Crippen LogP contribution in [-0.4, -0.2) is 22.2 Å². The molecule has 4 nitrogen and oxygen atoms in total. The summed E-state index contributed by atoms with van der Waals surface area (Å²) in [5.74, 6) is 0.593. The van der Waals surface area contributed by atoms with Gasteiger partial charge in [-0.1, -0.05) is 51.3 Å². The molecule has 138 valence electrons. The van der Waals surface area contributed by atoms with E-state index in [1.54, 1.807) is 0 Å². The number of fused-ring (bicyclic) bond motifs is 1. The number of aryl methyl sites for hydroxylation is 1. The lowest BCUT2D eigenvalue weighted by molar-refractivity contribution is 0.0950. The molecule has 1 amide bonds. The monoisotopic (exact) mass is 369 g/mol. The average molecular weight is 370 g/mol. The standard InChI is InChI=1S/C21H27N3OS/c1-4-6-10-16(5-2)14-22-20(25)19-13-18-15(3)23-24(21(18)26-19)17-11-8-7-9-12-17/h7-9,11-13,16H,4-6,10,14H2,1-3H3,(H,22,25)/t16-/m1/s1. The molecule has 2 heterocycles. The minimum atomic E-state index is 0.0279. The molecule has 0 radical (unpaired) electrons. The van der Waals surface area contributed by atoms with E-state index in [9.17, 15) is 4.79 Å². The second kappa shape index (κ2) is 8.49. The van der Waals surface area contributed by atoms with Gasteiger partial charge in [-0.05, 0) is 37.5 Å². The van der Waals surface area contributed by atoms with Crippen molar-refractivity contribution >= 4 is 27.5 Å². The van der Waals surface area contributed by atoms with E-state index in [0.717, 1.165) is 39.4 Å². The van der Waals surface area contributed by atoms with Crippen molar-refractivity contribution in [2.75, 3.05) is 6.54 Å². The summed E-state index contributed by atoms with van der Waals surface area (Å²) in [6.45, 7) is 7.16. The highest BCUT2D eigenvalue weighted by Gasteiger charge is 2.17. The Bertz CT molecular complexity index is 866. The average Bonchev–Trinajstić information content (AvgIpc) is 3.23. The number of hydrogen-bond acceptors (Lipinski definition) is 3. The van der Waals surface area contributed by atoms with E-state index in [1.807, 2.05) is 48.0 Å². The van der Waals surface area contributed by atoms with E-state index in [0.29, 0.717) is 5.92 Å². The molecule has 0 saturated heterocycles. The highest BCUT2D eigenvalue weighted by molar-refractivity contribution is 7.20. The Labute approximate surface area is 159 Å². The maximum absolute atomic E-state index is 12.6. The van der Waals surface area contributed by atoms with Crippen molar-refractivity contribution in [2.45, 2.75) is 46.5 Å². The van der Waals surface area contributed by atoms with Gasteiger partial charge in [-0.3, -0.25) is 4.79 Å². The molecule has 0 saturated carbocycles. The van der Waals surface area contributed by atoms with Crippen molar-refractivity contribution < 1.29 is 4.79 Å². The molecule has 5 heteroatoms. The minimum absolute atomic E-state index is 0.0279. The van der Waals surface area contributed by atoms with Gasteiger partial charge < -0.3 is 5.32 Å². The quantitative estimate of drug-likeness (QED) is 0.582. The van der Waals surface area contributed by atoms with Gasteiger partial charge in [0.2, 0.25) is 0 Å². The van der Waals surface area contributed by atoms with E-state index >= 15 is 0 Å². The summed E-state index contributed by atoms with van der Waals surface area (Å²) in [5.41, 5.74) is 1.97. The molecule has 1 atom stereocenters. The topological polar surface area (TPSA) is 46.9 Å². The van der Waals surface area contributed by atoms with Gasteiger partial charge in [0.15, 0.2) is 0 Å². The van der Waals surface area contributed by atoms with Gasteiger partial charge in [0.05, 0.1) is 16.3 Å². The maximum Gasteiger partial charge on any atom is 0.261 e. The van der Waals surface area contributed by atoms with Gasteiger partial charge in [-0.2, -0.15) is 5.10 Å². The first-order valence-corrected chi connectivity index (χ1v) is 10.3. The van der Waals surface area contributed by atoms with Crippen LogP contribution < -0.4 is 5.32 Å². The Morgan fingerprint density at radius 2 is 2.04 bits per heavy atom. The van der Waals surface area contributed by atoms with Gasteiger partial charge in [0, 0.05) is 11.9 Å². The van der Waals surface area contributed by atoms with Crippen molar-refractivity contribution in [2.24, 2.45) is 5.92 Å². The molecule has 3 aromatic rings. The molecule has 0 spiro atoms. The van der Waals surface area contributed by atoms with Crippen LogP contribution in [0.3, 0.4) is 0 Å². The molecule has 3 rings (SSSR count).